The molecular formula is C20H18Cl2FN3O4. The number of carbonyl (C=O) groups excluding carboxylic acids is 2. The number of aromatic nitrogens is 1. The number of pyridine rings is 1. The minimum Gasteiger partial charge on any atom is -0.490 e. The number of rotatable bonds is 4. The number of nitrogens with one attached hydrogen (secondary N) is 1. The number of fused-ring (bicyclic) bond motifs is 1. The molecule has 0 bridgehead atoms. The largest absolute Gasteiger partial charge is 0.490 e. The third-order valence-electron chi connectivity index (χ3n) is 5.09. The van der Waals surface area contributed by atoms with E-state index in [9.17, 15) is 14.0 Å². The number of benzene rings is 1. The molecule has 2 aromatic rings. The molecule has 7 nitrogen and oxygen atoms in total. The van der Waals surface area contributed by atoms with Crippen LogP contribution in [-0.2, 0) is 4.79 Å². The summed E-state index contributed by atoms with van der Waals surface area (Å²) in [4.78, 5) is 29.8. The molecule has 1 aromatic carbocycles. The number of nitrogens with zero attached hydrogens (tertiary/aromatic N) is 2. The van der Waals surface area contributed by atoms with E-state index in [1.807, 2.05) is 0 Å². The number of halogens is 3. The maximum Gasteiger partial charge on any atom is 0.262 e. The monoisotopic (exact) mass is 453 g/mol. The van der Waals surface area contributed by atoms with Crippen molar-refractivity contribution in [2.45, 2.75) is 12.8 Å². The van der Waals surface area contributed by atoms with Gasteiger partial charge < -0.3 is 19.7 Å². The highest BCUT2D eigenvalue weighted by Gasteiger charge is 2.28. The summed E-state index contributed by atoms with van der Waals surface area (Å²) in [7, 11) is 0. The molecule has 4 rings (SSSR count). The van der Waals surface area contributed by atoms with E-state index in [1.54, 1.807) is 17.0 Å². The molecule has 0 spiro atoms. The quantitative estimate of drug-likeness (QED) is 0.712. The Kier molecular flexibility index (Phi) is 5.97. The molecular weight excluding hydrogens is 436 g/mol. The van der Waals surface area contributed by atoms with Gasteiger partial charge in [0.05, 0.1) is 17.9 Å². The first-order chi connectivity index (χ1) is 14.4. The number of amides is 2. The number of piperidine rings is 1. The van der Waals surface area contributed by atoms with Crippen LogP contribution in [0.25, 0.3) is 0 Å². The van der Waals surface area contributed by atoms with Crippen molar-refractivity contribution in [1.29, 1.82) is 0 Å². The van der Waals surface area contributed by atoms with Crippen molar-refractivity contribution < 1.29 is 23.5 Å². The van der Waals surface area contributed by atoms with Crippen LogP contribution in [-0.4, -0.2) is 48.0 Å². The van der Waals surface area contributed by atoms with Crippen molar-refractivity contribution in [2.75, 3.05) is 31.6 Å². The van der Waals surface area contributed by atoms with Crippen molar-refractivity contribution in [1.82, 2.24) is 9.88 Å². The van der Waals surface area contributed by atoms with Gasteiger partial charge in [0.15, 0.2) is 17.5 Å². The number of anilines is 1. The third kappa shape index (κ3) is 4.44. The van der Waals surface area contributed by atoms with Gasteiger partial charge in [-0.15, -0.1) is 0 Å². The maximum absolute atomic E-state index is 14.4. The Bertz CT molecular complexity index is 996. The summed E-state index contributed by atoms with van der Waals surface area (Å²) >= 11 is 11.8. The van der Waals surface area contributed by atoms with Crippen molar-refractivity contribution in [2.24, 2.45) is 5.92 Å². The molecule has 158 valence electrons. The normalized spacial score (nSPS) is 16.5. The van der Waals surface area contributed by atoms with E-state index in [0.29, 0.717) is 49.1 Å². The van der Waals surface area contributed by atoms with E-state index < -0.39 is 11.7 Å². The minimum atomic E-state index is -0.676. The number of carbonyl (C=O) groups is 2. The molecule has 1 saturated heterocycles. The van der Waals surface area contributed by atoms with Crippen LogP contribution in [0, 0.1) is 11.7 Å². The molecule has 1 N–H and O–H groups in total. The number of hydrogen-bond acceptors (Lipinski definition) is 5. The zero-order valence-corrected chi connectivity index (χ0v) is 17.3. The first-order valence-electron chi connectivity index (χ1n) is 9.41. The van der Waals surface area contributed by atoms with Gasteiger partial charge in [-0.3, -0.25) is 9.59 Å². The molecule has 0 aliphatic carbocycles. The van der Waals surface area contributed by atoms with Crippen molar-refractivity contribution in [3.05, 3.63) is 46.0 Å². The molecule has 0 radical (unpaired) electrons. The third-order valence-corrected chi connectivity index (χ3v) is 5.57. The van der Waals surface area contributed by atoms with E-state index in [4.69, 9.17) is 32.7 Å². The maximum atomic E-state index is 14.4. The Morgan fingerprint density at radius 3 is 2.80 bits per heavy atom. The fraction of sp³-hybridized carbons (Fsp3) is 0.350. The van der Waals surface area contributed by atoms with Crippen LogP contribution in [0.3, 0.4) is 0 Å². The Hall–Kier alpha value is -2.58. The average Bonchev–Trinajstić information content (AvgIpc) is 2.73. The first kappa shape index (κ1) is 20.7. The predicted octanol–water partition coefficient (Wildman–Crippen LogP) is 3.79. The number of hydrogen-bond donors (Lipinski definition) is 1. The lowest BCUT2D eigenvalue weighted by atomic mass is 9.97. The van der Waals surface area contributed by atoms with Gasteiger partial charge in [0.1, 0.15) is 16.7 Å². The van der Waals surface area contributed by atoms with Crippen LogP contribution in [0.1, 0.15) is 23.2 Å². The van der Waals surface area contributed by atoms with Crippen LogP contribution in [0.15, 0.2) is 24.3 Å². The highest BCUT2D eigenvalue weighted by Crippen LogP contribution is 2.32. The van der Waals surface area contributed by atoms with Crippen LogP contribution in [0.5, 0.6) is 11.5 Å². The molecule has 2 aliphatic rings. The molecule has 0 atom stereocenters. The molecule has 3 heterocycles. The minimum absolute atomic E-state index is 0.0896. The molecule has 10 heteroatoms. The Balaban J connectivity index is 1.35. The fourth-order valence-corrected chi connectivity index (χ4v) is 3.85. The number of ether oxygens (including phenoxy) is 2. The van der Waals surface area contributed by atoms with E-state index >= 15 is 0 Å². The lowest BCUT2D eigenvalue weighted by Gasteiger charge is -2.32. The molecule has 30 heavy (non-hydrogen) atoms. The standard InChI is InChI=1S/C20H18Cl2FN3O4/c21-17-2-1-15(19(22)25-17)29-9-11-3-5-26(6-4-11)20(28)12-7-14-16(8-13(12)23)30-10-18(27)24-14/h1-2,7-8,11H,3-6,9-10H2,(H,24,27). The van der Waals surface area contributed by atoms with E-state index in [2.05, 4.69) is 10.3 Å². The second kappa shape index (κ2) is 8.65. The van der Waals surface area contributed by atoms with Gasteiger partial charge in [0.25, 0.3) is 11.8 Å². The van der Waals surface area contributed by atoms with Crippen LogP contribution in [0.4, 0.5) is 10.1 Å². The van der Waals surface area contributed by atoms with Crippen molar-refractivity contribution in [3.8, 4) is 11.5 Å². The summed E-state index contributed by atoms with van der Waals surface area (Å²) in [6, 6.07) is 5.73. The lowest BCUT2D eigenvalue weighted by Crippen LogP contribution is -2.40. The lowest BCUT2D eigenvalue weighted by molar-refractivity contribution is -0.118. The smallest absolute Gasteiger partial charge is 0.262 e. The highest BCUT2D eigenvalue weighted by atomic mass is 35.5. The van der Waals surface area contributed by atoms with Gasteiger partial charge >= 0.3 is 0 Å². The Morgan fingerprint density at radius 2 is 2.07 bits per heavy atom. The fourth-order valence-electron chi connectivity index (χ4n) is 3.45. The van der Waals surface area contributed by atoms with Crippen molar-refractivity contribution in [3.63, 3.8) is 0 Å². The summed E-state index contributed by atoms with van der Waals surface area (Å²) in [6.45, 7) is 1.20. The van der Waals surface area contributed by atoms with Gasteiger partial charge in [0, 0.05) is 19.2 Å². The predicted molar refractivity (Wildman–Crippen MR) is 109 cm³/mol. The van der Waals surface area contributed by atoms with E-state index in [-0.39, 0.29) is 34.9 Å². The average molecular weight is 454 g/mol. The molecule has 2 aliphatic heterocycles. The molecule has 1 aromatic heterocycles. The van der Waals surface area contributed by atoms with Crippen LogP contribution in [0.2, 0.25) is 10.3 Å². The second-order valence-electron chi connectivity index (χ2n) is 7.13. The van der Waals surface area contributed by atoms with Crippen LogP contribution < -0.4 is 14.8 Å². The van der Waals surface area contributed by atoms with Gasteiger partial charge in [-0.1, -0.05) is 23.2 Å². The molecule has 0 saturated carbocycles. The summed E-state index contributed by atoms with van der Waals surface area (Å²) < 4.78 is 25.4. The summed E-state index contributed by atoms with van der Waals surface area (Å²) in [5.74, 6) is -0.536. The van der Waals surface area contributed by atoms with Crippen LogP contribution >= 0.6 is 23.2 Å². The second-order valence-corrected chi connectivity index (χ2v) is 7.88. The summed E-state index contributed by atoms with van der Waals surface area (Å²) in [5.41, 5.74) is 0.209. The summed E-state index contributed by atoms with van der Waals surface area (Å²) in [5, 5.41) is 3.08. The highest BCUT2D eigenvalue weighted by molar-refractivity contribution is 6.33. The SMILES string of the molecule is O=C1COc2cc(F)c(C(=O)N3CCC(COc4ccc(Cl)nc4Cl)CC3)cc2N1. The Labute approximate surface area is 182 Å². The molecule has 0 unspecified atom stereocenters. The zero-order chi connectivity index (χ0) is 21.3. The molecule has 2 amide bonds. The first-order valence-corrected chi connectivity index (χ1v) is 10.2. The Morgan fingerprint density at radius 1 is 1.30 bits per heavy atom. The van der Waals surface area contributed by atoms with Gasteiger partial charge in [-0.05, 0) is 37.0 Å². The van der Waals surface area contributed by atoms with E-state index in [0.717, 1.165) is 6.07 Å². The topological polar surface area (TPSA) is 80.8 Å². The van der Waals surface area contributed by atoms with Crippen molar-refractivity contribution >= 4 is 40.7 Å². The van der Waals surface area contributed by atoms with Gasteiger partial charge in [0.2, 0.25) is 0 Å². The van der Waals surface area contributed by atoms with Gasteiger partial charge in [-0.2, -0.15) is 0 Å². The molecule has 1 fully saturated rings. The van der Waals surface area contributed by atoms with E-state index in [1.165, 1.54) is 6.07 Å². The van der Waals surface area contributed by atoms with Gasteiger partial charge in [-0.25, -0.2) is 9.37 Å². The zero-order valence-electron chi connectivity index (χ0n) is 15.8. The summed E-state index contributed by atoms with van der Waals surface area (Å²) in [6.07, 6.45) is 1.41. The number of likely N-dealkylation sites (tertiary alicyclic amines) is 1.